The van der Waals surface area contributed by atoms with E-state index in [2.05, 4.69) is 46.3 Å². The third kappa shape index (κ3) is 6.75. The first kappa shape index (κ1) is 33.0. The van der Waals surface area contributed by atoms with Crippen LogP contribution in [0.25, 0.3) is 0 Å². The van der Waals surface area contributed by atoms with Crippen LogP contribution < -0.4 is 19.7 Å². The highest BCUT2D eigenvalue weighted by atomic mass is 16.5. The largest absolute Gasteiger partial charge is 0.493 e. The van der Waals surface area contributed by atoms with E-state index in [9.17, 15) is 14.4 Å². The van der Waals surface area contributed by atoms with E-state index >= 15 is 0 Å². The number of piperazine rings is 1. The van der Waals surface area contributed by atoms with E-state index in [1.54, 1.807) is 26.4 Å². The van der Waals surface area contributed by atoms with E-state index < -0.39 is 11.5 Å². The number of nitrogens with zero attached hydrogens (tertiary/aromatic N) is 3. The predicted molar refractivity (Wildman–Crippen MR) is 180 cm³/mol. The van der Waals surface area contributed by atoms with Crippen LogP contribution in [0.1, 0.15) is 84.5 Å². The zero-order chi connectivity index (χ0) is 33.0. The van der Waals surface area contributed by atoms with Crippen LogP contribution in [0.4, 0.5) is 5.69 Å². The summed E-state index contributed by atoms with van der Waals surface area (Å²) in [6, 6.07) is 21.3. The number of nitrogens with one attached hydrogen (secondary N) is 1. The van der Waals surface area contributed by atoms with Crippen molar-refractivity contribution in [3.05, 3.63) is 89.0 Å². The number of hydrogen-bond donors (Lipinski definition) is 1. The van der Waals surface area contributed by atoms with E-state index in [1.807, 2.05) is 51.1 Å². The van der Waals surface area contributed by atoms with E-state index in [-0.39, 0.29) is 17.7 Å². The van der Waals surface area contributed by atoms with Crippen LogP contribution in [-0.4, -0.2) is 74.5 Å². The summed E-state index contributed by atoms with van der Waals surface area (Å²) in [6.45, 7) is 11.5. The lowest BCUT2D eigenvalue weighted by molar-refractivity contribution is -0.128. The Kier molecular flexibility index (Phi) is 10.0. The highest BCUT2D eigenvalue weighted by Crippen LogP contribution is 2.40. The van der Waals surface area contributed by atoms with Crippen LogP contribution in [0.15, 0.2) is 66.7 Å². The summed E-state index contributed by atoms with van der Waals surface area (Å²) < 4.78 is 11.0. The molecule has 0 saturated carbocycles. The number of methoxy groups -OCH3 is 2. The lowest BCUT2D eigenvalue weighted by Gasteiger charge is -2.39. The number of ether oxygens (including phenoxy) is 2. The Morgan fingerprint density at radius 1 is 0.848 bits per heavy atom. The Balaban J connectivity index is 1.39. The lowest BCUT2D eigenvalue weighted by atomic mass is 9.95. The SMILES string of the molecule is COc1ccc([C@@H](CCCNC(=O)C(C)(C)C)N2C(=O)c3cccc(N4CCN(C(C)c5ccccc5)CC4)c3C2=O)cc1OC. The summed E-state index contributed by atoms with van der Waals surface area (Å²) in [5.74, 6) is 0.434. The molecule has 1 fully saturated rings. The number of carbonyl (C=O) groups is 3. The number of amides is 3. The molecule has 2 atom stereocenters. The van der Waals surface area contributed by atoms with Crippen molar-refractivity contribution in [3.8, 4) is 11.5 Å². The Bertz CT molecular complexity index is 1560. The van der Waals surface area contributed by atoms with Crippen LogP contribution in [0.5, 0.6) is 11.5 Å². The molecule has 0 aliphatic carbocycles. The number of benzene rings is 3. The highest BCUT2D eigenvalue weighted by Gasteiger charge is 2.43. The minimum atomic E-state index is -0.560. The van der Waals surface area contributed by atoms with E-state index in [0.29, 0.717) is 48.1 Å². The second kappa shape index (κ2) is 14.0. The average Bonchev–Trinajstić information content (AvgIpc) is 3.33. The molecule has 2 heterocycles. The van der Waals surface area contributed by atoms with Crippen LogP contribution in [0.3, 0.4) is 0 Å². The molecule has 2 aliphatic heterocycles. The number of imide groups is 1. The van der Waals surface area contributed by atoms with Gasteiger partial charge in [0.2, 0.25) is 5.91 Å². The van der Waals surface area contributed by atoms with E-state index in [4.69, 9.17) is 9.47 Å². The molecule has 1 N–H and O–H groups in total. The fourth-order valence-corrected chi connectivity index (χ4v) is 6.39. The van der Waals surface area contributed by atoms with Gasteiger partial charge in [0.1, 0.15) is 0 Å². The molecule has 9 heteroatoms. The van der Waals surface area contributed by atoms with Gasteiger partial charge < -0.3 is 19.7 Å². The first-order valence-electron chi connectivity index (χ1n) is 16.1. The maximum Gasteiger partial charge on any atom is 0.264 e. The van der Waals surface area contributed by atoms with E-state index in [0.717, 1.165) is 37.4 Å². The normalized spacial score (nSPS) is 16.7. The van der Waals surface area contributed by atoms with Crippen molar-refractivity contribution in [2.75, 3.05) is 51.8 Å². The third-order valence-electron chi connectivity index (χ3n) is 9.13. The van der Waals surface area contributed by atoms with Gasteiger partial charge in [0.25, 0.3) is 11.8 Å². The molecule has 0 spiro atoms. The standard InChI is InChI=1S/C37H46N4O5/c1-25(26-12-8-7-9-13-26)39-20-22-40(23-21-39)30-15-10-14-28-33(30)35(43)41(34(28)42)29(16-11-19-38-36(44)37(2,3)4)27-17-18-31(45-5)32(24-27)46-6/h7-10,12-15,17-18,24-25,29H,11,16,19-23H2,1-6H3,(H,38,44)/t25?,29-/m1/s1. The number of carbonyl (C=O) groups excluding carboxylic acids is 3. The molecule has 5 rings (SSSR count). The van der Waals surface area contributed by atoms with Crippen molar-refractivity contribution in [1.29, 1.82) is 0 Å². The molecular weight excluding hydrogens is 580 g/mol. The molecule has 2 aliphatic rings. The van der Waals surface area contributed by atoms with Gasteiger partial charge in [0.05, 0.1) is 37.1 Å². The maximum absolute atomic E-state index is 14.3. The minimum absolute atomic E-state index is 0.0428. The summed E-state index contributed by atoms with van der Waals surface area (Å²) in [5.41, 5.74) is 3.23. The number of fused-ring (bicyclic) bond motifs is 1. The first-order valence-corrected chi connectivity index (χ1v) is 16.1. The van der Waals surface area contributed by atoms with Gasteiger partial charge in [-0.05, 0) is 55.2 Å². The van der Waals surface area contributed by atoms with Gasteiger partial charge in [-0.25, -0.2) is 0 Å². The minimum Gasteiger partial charge on any atom is -0.493 e. The fraction of sp³-hybridized carbons (Fsp3) is 0.432. The van der Waals surface area contributed by atoms with Crippen molar-refractivity contribution in [1.82, 2.24) is 15.1 Å². The van der Waals surface area contributed by atoms with Crippen molar-refractivity contribution in [2.24, 2.45) is 5.41 Å². The van der Waals surface area contributed by atoms with Gasteiger partial charge in [-0.3, -0.25) is 24.2 Å². The Labute approximate surface area is 272 Å². The van der Waals surface area contributed by atoms with Gasteiger partial charge in [-0.15, -0.1) is 0 Å². The van der Waals surface area contributed by atoms with Crippen molar-refractivity contribution in [3.63, 3.8) is 0 Å². The average molecular weight is 627 g/mol. The van der Waals surface area contributed by atoms with Crippen LogP contribution in [-0.2, 0) is 4.79 Å². The predicted octanol–water partition coefficient (Wildman–Crippen LogP) is 5.87. The summed E-state index contributed by atoms with van der Waals surface area (Å²) in [5, 5.41) is 2.99. The van der Waals surface area contributed by atoms with Gasteiger partial charge in [0.15, 0.2) is 11.5 Å². The zero-order valence-corrected chi connectivity index (χ0v) is 27.8. The Morgan fingerprint density at radius 2 is 1.54 bits per heavy atom. The quantitative estimate of drug-likeness (QED) is 0.210. The monoisotopic (exact) mass is 626 g/mol. The van der Waals surface area contributed by atoms with Crippen molar-refractivity contribution in [2.45, 2.75) is 52.6 Å². The molecule has 3 aromatic rings. The smallest absolute Gasteiger partial charge is 0.264 e. The maximum atomic E-state index is 14.3. The van der Waals surface area contributed by atoms with Crippen LogP contribution in [0.2, 0.25) is 0 Å². The molecule has 46 heavy (non-hydrogen) atoms. The summed E-state index contributed by atoms with van der Waals surface area (Å²) in [6.07, 6.45) is 1.04. The van der Waals surface area contributed by atoms with Crippen molar-refractivity contribution >= 4 is 23.4 Å². The molecule has 244 valence electrons. The van der Waals surface area contributed by atoms with Gasteiger partial charge in [-0.1, -0.05) is 63.2 Å². The molecule has 3 aromatic carbocycles. The summed E-state index contributed by atoms with van der Waals surface area (Å²) in [4.78, 5) is 47.0. The second-order valence-electron chi connectivity index (χ2n) is 13.1. The van der Waals surface area contributed by atoms with Gasteiger partial charge in [0, 0.05) is 44.2 Å². The molecule has 0 aromatic heterocycles. The molecule has 1 saturated heterocycles. The number of hydrogen-bond acceptors (Lipinski definition) is 7. The lowest BCUT2D eigenvalue weighted by Crippen LogP contribution is -2.47. The second-order valence-corrected chi connectivity index (χ2v) is 13.1. The molecule has 0 radical (unpaired) electrons. The number of anilines is 1. The van der Waals surface area contributed by atoms with Gasteiger partial charge in [-0.2, -0.15) is 0 Å². The molecular formula is C37H46N4O5. The van der Waals surface area contributed by atoms with Crippen molar-refractivity contribution < 1.29 is 23.9 Å². The van der Waals surface area contributed by atoms with Crippen LogP contribution in [0, 0.1) is 5.41 Å². The highest BCUT2D eigenvalue weighted by molar-refractivity contribution is 6.24. The summed E-state index contributed by atoms with van der Waals surface area (Å²) in [7, 11) is 3.13. The Hall–Kier alpha value is -4.37. The fourth-order valence-electron chi connectivity index (χ4n) is 6.39. The zero-order valence-electron chi connectivity index (χ0n) is 27.8. The molecule has 1 unspecified atom stereocenters. The molecule has 0 bridgehead atoms. The molecule has 9 nitrogen and oxygen atoms in total. The van der Waals surface area contributed by atoms with Gasteiger partial charge >= 0.3 is 0 Å². The van der Waals surface area contributed by atoms with E-state index in [1.165, 1.54) is 10.5 Å². The van der Waals surface area contributed by atoms with Crippen LogP contribution >= 0.6 is 0 Å². The Morgan fingerprint density at radius 3 is 2.20 bits per heavy atom. The topological polar surface area (TPSA) is 91.4 Å². The number of rotatable bonds is 11. The molecule has 3 amide bonds. The third-order valence-corrected chi connectivity index (χ3v) is 9.13. The summed E-state index contributed by atoms with van der Waals surface area (Å²) >= 11 is 0. The first-order chi connectivity index (χ1) is 22.0.